The molecule has 0 unspecified atom stereocenters. The third-order valence-corrected chi connectivity index (χ3v) is 9.67. The van der Waals surface area contributed by atoms with E-state index in [2.05, 4.69) is 179 Å². The SMILES string of the molecule is C=C/C(C)=C\C=C(/C)n1c(-c2ccccc2)nnc1-c1ccc(N(C2=CCCC=C2)c2ccc(-n3c(/C=C\C=C/C)c(C)c4ccccc43)cc2)cc1. The number of rotatable bonds is 11. The lowest BCUT2D eigenvalue weighted by atomic mass is 10.1. The molecule has 0 fully saturated rings. The highest BCUT2D eigenvalue weighted by atomic mass is 15.3. The largest absolute Gasteiger partial charge is 0.311 e. The van der Waals surface area contributed by atoms with Crippen LogP contribution < -0.4 is 4.90 Å². The minimum absolute atomic E-state index is 0.787. The van der Waals surface area contributed by atoms with Crippen molar-refractivity contribution >= 4 is 34.1 Å². The first-order valence-corrected chi connectivity index (χ1v) is 18.2. The van der Waals surface area contributed by atoms with E-state index in [0.29, 0.717) is 0 Å². The van der Waals surface area contributed by atoms with Crippen LogP contribution in [0.25, 0.3) is 51.1 Å². The molecule has 7 rings (SSSR count). The first-order valence-electron chi connectivity index (χ1n) is 18.2. The fourth-order valence-electron chi connectivity index (χ4n) is 6.85. The van der Waals surface area contributed by atoms with E-state index in [0.717, 1.165) is 69.6 Å². The van der Waals surface area contributed by atoms with E-state index in [-0.39, 0.29) is 0 Å². The van der Waals surface area contributed by atoms with Crippen molar-refractivity contribution in [1.29, 1.82) is 0 Å². The molecule has 5 heteroatoms. The van der Waals surface area contributed by atoms with Crippen molar-refractivity contribution in [3.63, 3.8) is 0 Å². The monoisotopic (exact) mass is 691 g/mol. The third-order valence-electron chi connectivity index (χ3n) is 9.67. The zero-order chi connectivity index (χ0) is 36.7. The molecule has 1 aliphatic rings. The molecular formula is C48H45N5. The zero-order valence-electron chi connectivity index (χ0n) is 30.9. The lowest BCUT2D eigenvalue weighted by Gasteiger charge is -2.28. The molecule has 2 aromatic heterocycles. The summed E-state index contributed by atoms with van der Waals surface area (Å²) in [5.41, 5.74) is 12.2. The molecule has 0 N–H and O–H groups in total. The Balaban J connectivity index is 1.28. The highest BCUT2D eigenvalue weighted by Gasteiger charge is 2.20. The highest BCUT2D eigenvalue weighted by Crippen LogP contribution is 2.36. The number of aryl methyl sites for hydroxylation is 1. The number of anilines is 2. The molecule has 0 saturated carbocycles. The molecule has 5 nitrogen and oxygen atoms in total. The number of aromatic nitrogens is 4. The summed E-state index contributed by atoms with van der Waals surface area (Å²) in [5, 5.41) is 10.7. The molecule has 262 valence electrons. The summed E-state index contributed by atoms with van der Waals surface area (Å²) in [6.07, 6.45) is 23.3. The summed E-state index contributed by atoms with van der Waals surface area (Å²) >= 11 is 0. The Morgan fingerprint density at radius 3 is 2.08 bits per heavy atom. The maximum atomic E-state index is 4.73. The summed E-state index contributed by atoms with van der Waals surface area (Å²) in [7, 11) is 0. The molecule has 0 amide bonds. The minimum Gasteiger partial charge on any atom is -0.311 e. The van der Waals surface area contributed by atoms with Crippen molar-refractivity contribution in [3.8, 4) is 28.5 Å². The van der Waals surface area contributed by atoms with Gasteiger partial charge in [-0.15, -0.1) is 10.2 Å². The Kier molecular flexibility index (Phi) is 10.4. The molecule has 4 aromatic carbocycles. The number of fused-ring (bicyclic) bond motifs is 1. The Labute approximate surface area is 313 Å². The van der Waals surface area contributed by atoms with Gasteiger partial charge in [-0.3, -0.25) is 4.57 Å². The number of hydrogen-bond acceptors (Lipinski definition) is 3. The van der Waals surface area contributed by atoms with Crippen LogP contribution in [0.2, 0.25) is 0 Å². The zero-order valence-corrected chi connectivity index (χ0v) is 30.9. The molecular weight excluding hydrogens is 647 g/mol. The topological polar surface area (TPSA) is 38.9 Å². The Morgan fingerprint density at radius 2 is 1.42 bits per heavy atom. The van der Waals surface area contributed by atoms with Gasteiger partial charge in [0.2, 0.25) is 0 Å². The van der Waals surface area contributed by atoms with Gasteiger partial charge in [-0.1, -0.05) is 103 Å². The number of benzene rings is 4. The van der Waals surface area contributed by atoms with E-state index in [1.165, 1.54) is 22.2 Å². The second-order valence-electron chi connectivity index (χ2n) is 13.2. The second-order valence-corrected chi connectivity index (χ2v) is 13.2. The average Bonchev–Trinajstić information content (AvgIpc) is 3.78. The molecule has 1 aliphatic carbocycles. The van der Waals surface area contributed by atoms with Gasteiger partial charge in [-0.05, 0) is 119 Å². The predicted molar refractivity (Wildman–Crippen MR) is 225 cm³/mol. The van der Waals surface area contributed by atoms with Crippen LogP contribution in [-0.2, 0) is 0 Å². The highest BCUT2D eigenvalue weighted by molar-refractivity contribution is 5.90. The number of allylic oxidation sites excluding steroid dienone is 11. The van der Waals surface area contributed by atoms with E-state index >= 15 is 0 Å². The van der Waals surface area contributed by atoms with E-state index in [1.807, 2.05) is 38.1 Å². The van der Waals surface area contributed by atoms with Crippen molar-refractivity contribution < 1.29 is 0 Å². The predicted octanol–water partition coefficient (Wildman–Crippen LogP) is 12.8. The fourth-order valence-corrected chi connectivity index (χ4v) is 6.85. The van der Waals surface area contributed by atoms with Crippen LogP contribution in [0.4, 0.5) is 11.4 Å². The van der Waals surface area contributed by atoms with Crippen LogP contribution in [-0.4, -0.2) is 19.3 Å². The maximum absolute atomic E-state index is 4.73. The number of hydrogen-bond donors (Lipinski definition) is 0. The fraction of sp³-hybridized carbons (Fsp3) is 0.125. The van der Waals surface area contributed by atoms with Crippen molar-refractivity contribution in [3.05, 3.63) is 187 Å². The quantitative estimate of drug-likeness (QED) is 0.127. The summed E-state index contributed by atoms with van der Waals surface area (Å²) in [5.74, 6) is 1.59. The van der Waals surface area contributed by atoms with Gasteiger partial charge in [0, 0.05) is 50.7 Å². The van der Waals surface area contributed by atoms with Crippen molar-refractivity contribution in [2.45, 2.75) is 40.5 Å². The van der Waals surface area contributed by atoms with E-state index < -0.39 is 0 Å². The van der Waals surface area contributed by atoms with E-state index in [9.17, 15) is 0 Å². The van der Waals surface area contributed by atoms with Gasteiger partial charge in [0.15, 0.2) is 11.6 Å². The van der Waals surface area contributed by atoms with Gasteiger partial charge < -0.3 is 9.47 Å². The molecule has 0 spiro atoms. The average molecular weight is 692 g/mol. The van der Waals surface area contributed by atoms with Gasteiger partial charge in [0.25, 0.3) is 0 Å². The van der Waals surface area contributed by atoms with Crippen molar-refractivity contribution in [2.24, 2.45) is 0 Å². The van der Waals surface area contributed by atoms with Gasteiger partial charge in [0.05, 0.1) is 5.52 Å². The normalized spacial score (nSPS) is 13.7. The summed E-state index contributed by atoms with van der Waals surface area (Å²) in [6.45, 7) is 12.3. The summed E-state index contributed by atoms with van der Waals surface area (Å²) in [6, 6.07) is 36.4. The molecule has 0 saturated heterocycles. The van der Waals surface area contributed by atoms with Crippen LogP contribution >= 0.6 is 0 Å². The lowest BCUT2D eigenvalue weighted by molar-refractivity contribution is 0.996. The van der Waals surface area contributed by atoms with Gasteiger partial charge >= 0.3 is 0 Å². The molecule has 0 radical (unpaired) electrons. The maximum Gasteiger partial charge on any atom is 0.168 e. The number of para-hydroxylation sites is 1. The molecule has 6 aromatic rings. The van der Waals surface area contributed by atoms with Crippen LogP contribution in [0.15, 0.2) is 176 Å². The summed E-state index contributed by atoms with van der Waals surface area (Å²) in [4.78, 5) is 2.34. The van der Waals surface area contributed by atoms with Gasteiger partial charge in [0.1, 0.15) is 0 Å². The van der Waals surface area contributed by atoms with E-state index in [4.69, 9.17) is 5.10 Å². The molecule has 0 atom stereocenters. The van der Waals surface area contributed by atoms with Crippen LogP contribution in [0.3, 0.4) is 0 Å². The molecule has 0 aliphatic heterocycles. The Morgan fingerprint density at radius 1 is 0.755 bits per heavy atom. The van der Waals surface area contributed by atoms with Crippen molar-refractivity contribution in [1.82, 2.24) is 19.3 Å². The first kappa shape index (κ1) is 35.0. The lowest BCUT2D eigenvalue weighted by Crippen LogP contribution is -2.16. The molecule has 53 heavy (non-hydrogen) atoms. The standard InChI is InChI=1S/C48H45N5/c1-6-8-11-23-45-37(5)44-22-16-17-24-46(44)53(45)43-33-31-42(32-34-43)52(40-20-14-10-15-21-40)41-29-27-39(28-30-41)48-50-49-47(38-18-12-9-13-19-38)51(48)36(4)26-25-35(3)7-2/h6-9,11-14,16-34H,2,10,15H2,1,3-5H3/b8-6-,23-11-,35-25-,36-26+. The van der Waals surface area contributed by atoms with Crippen LogP contribution in [0, 0.1) is 6.92 Å². The first-order chi connectivity index (χ1) is 26.0. The van der Waals surface area contributed by atoms with Crippen molar-refractivity contribution in [2.75, 3.05) is 4.90 Å². The molecule has 2 heterocycles. The van der Waals surface area contributed by atoms with Crippen LogP contribution in [0.1, 0.15) is 44.9 Å². The van der Waals surface area contributed by atoms with Gasteiger partial charge in [-0.25, -0.2) is 0 Å². The van der Waals surface area contributed by atoms with E-state index in [1.54, 1.807) is 0 Å². The summed E-state index contributed by atoms with van der Waals surface area (Å²) < 4.78 is 4.49. The Hall–Kier alpha value is -6.46. The Bertz CT molecular complexity index is 2430. The second kappa shape index (κ2) is 15.8. The third kappa shape index (κ3) is 7.19. The molecule has 0 bridgehead atoms. The van der Waals surface area contributed by atoms with Gasteiger partial charge in [-0.2, -0.15) is 0 Å². The number of nitrogens with zero attached hydrogens (tertiary/aromatic N) is 5. The smallest absolute Gasteiger partial charge is 0.168 e. The minimum atomic E-state index is 0.787. The van der Waals surface area contributed by atoms with Crippen LogP contribution in [0.5, 0.6) is 0 Å².